The van der Waals surface area contributed by atoms with Crippen molar-refractivity contribution in [1.29, 1.82) is 0 Å². The molecule has 4 rings (SSSR count). The maximum Gasteiger partial charge on any atom is 0.266 e. The second kappa shape index (κ2) is 8.67. The number of pyridine rings is 1. The van der Waals surface area contributed by atoms with E-state index in [1.165, 1.54) is 6.07 Å². The van der Waals surface area contributed by atoms with Gasteiger partial charge in [-0.1, -0.05) is 11.6 Å². The van der Waals surface area contributed by atoms with Crippen LogP contribution in [0.4, 0.5) is 0 Å². The van der Waals surface area contributed by atoms with E-state index in [0.717, 1.165) is 40.6 Å². The Morgan fingerprint density at radius 3 is 2.70 bits per heavy atom. The van der Waals surface area contributed by atoms with Crippen LogP contribution in [0.1, 0.15) is 24.2 Å². The fourth-order valence-corrected chi connectivity index (χ4v) is 3.31. The smallest absolute Gasteiger partial charge is 0.266 e. The number of nitrogens with zero attached hydrogens (tertiary/aromatic N) is 4. The summed E-state index contributed by atoms with van der Waals surface area (Å²) in [5, 5.41) is 3.52. The number of rotatable bonds is 7. The second-order valence-electron chi connectivity index (χ2n) is 7.25. The van der Waals surface area contributed by atoms with Crippen molar-refractivity contribution < 1.29 is 9.30 Å². The van der Waals surface area contributed by atoms with Gasteiger partial charge >= 0.3 is 0 Å². The number of halogens is 1. The summed E-state index contributed by atoms with van der Waals surface area (Å²) in [6.45, 7) is 2.55. The number of aromatic nitrogens is 5. The molecule has 0 saturated heterocycles. The van der Waals surface area contributed by atoms with E-state index in [2.05, 4.69) is 10.1 Å². The molecule has 0 atom stereocenters. The van der Waals surface area contributed by atoms with E-state index in [1.54, 1.807) is 4.52 Å². The van der Waals surface area contributed by atoms with Gasteiger partial charge in [0, 0.05) is 35.2 Å². The van der Waals surface area contributed by atoms with Crippen LogP contribution in [-0.4, -0.2) is 26.2 Å². The molecule has 4 aromatic rings. The van der Waals surface area contributed by atoms with Crippen LogP contribution in [0.3, 0.4) is 0 Å². The molecule has 1 aromatic carbocycles. The third-order valence-corrected chi connectivity index (χ3v) is 5.28. The Morgan fingerprint density at radius 1 is 1.13 bits per heavy atom. The van der Waals surface area contributed by atoms with Crippen LogP contribution in [0, 0.1) is 6.92 Å². The standard InChI is InChI=1S/C22H22ClN5O2/c1-15-13-17(6-7-18(15)23)30-12-4-3-5-19-24-22(16-8-10-27(2)11-9-16)25-20-14-21(29)26-28(19)20/h6-11,13-14H,3-5,12H2,1-2H3/p+1. The first-order valence-corrected chi connectivity index (χ1v) is 10.2. The first-order valence-electron chi connectivity index (χ1n) is 9.83. The Kier molecular flexibility index (Phi) is 5.81. The Morgan fingerprint density at radius 2 is 1.93 bits per heavy atom. The number of fused-ring (bicyclic) bond motifs is 1. The zero-order chi connectivity index (χ0) is 21.1. The van der Waals surface area contributed by atoms with E-state index in [-0.39, 0.29) is 5.56 Å². The van der Waals surface area contributed by atoms with Gasteiger partial charge in [0.1, 0.15) is 18.6 Å². The summed E-state index contributed by atoms with van der Waals surface area (Å²) in [5.41, 5.74) is 2.29. The fourth-order valence-electron chi connectivity index (χ4n) is 3.20. The minimum atomic E-state index is -0.191. The van der Waals surface area contributed by atoms with E-state index in [9.17, 15) is 4.79 Å². The molecule has 8 heteroatoms. The van der Waals surface area contributed by atoms with Crippen molar-refractivity contribution in [3.8, 4) is 17.1 Å². The van der Waals surface area contributed by atoms with Crippen LogP contribution in [0.15, 0.2) is 53.6 Å². The van der Waals surface area contributed by atoms with Gasteiger partial charge in [0.15, 0.2) is 23.9 Å². The number of aromatic amines is 1. The molecule has 1 N–H and O–H groups in total. The van der Waals surface area contributed by atoms with Gasteiger partial charge in [-0.05, 0) is 43.5 Å². The molecular weight excluding hydrogens is 402 g/mol. The molecule has 0 radical (unpaired) electrons. The topological polar surface area (TPSA) is 76.2 Å². The minimum Gasteiger partial charge on any atom is -0.494 e. The van der Waals surface area contributed by atoms with Gasteiger partial charge in [0.05, 0.1) is 6.61 Å². The Balaban J connectivity index is 1.45. The van der Waals surface area contributed by atoms with Gasteiger partial charge in [-0.2, -0.15) is 0 Å². The molecule has 154 valence electrons. The van der Waals surface area contributed by atoms with Gasteiger partial charge in [-0.15, -0.1) is 0 Å². The highest BCUT2D eigenvalue weighted by molar-refractivity contribution is 6.31. The van der Waals surface area contributed by atoms with Crippen molar-refractivity contribution in [2.45, 2.75) is 26.2 Å². The van der Waals surface area contributed by atoms with E-state index in [1.807, 2.05) is 61.3 Å². The Labute approximate surface area is 178 Å². The van der Waals surface area contributed by atoms with Gasteiger partial charge < -0.3 is 4.74 Å². The lowest BCUT2D eigenvalue weighted by atomic mass is 10.2. The Hall–Kier alpha value is -3.19. The van der Waals surface area contributed by atoms with Crippen molar-refractivity contribution in [3.05, 3.63) is 75.6 Å². The molecule has 0 aliphatic rings. The number of H-pyrrole nitrogens is 1. The predicted octanol–water partition coefficient (Wildman–Crippen LogP) is 3.27. The SMILES string of the molecule is Cc1cc(OCCCCc2nc(-c3cc[n+](C)cc3)nc3cc(=O)[nH]n23)ccc1Cl. The highest BCUT2D eigenvalue weighted by atomic mass is 35.5. The summed E-state index contributed by atoms with van der Waals surface area (Å²) in [6.07, 6.45) is 6.31. The van der Waals surface area contributed by atoms with Crippen LogP contribution >= 0.6 is 11.6 Å². The first-order chi connectivity index (χ1) is 14.5. The number of aryl methyl sites for hydroxylation is 3. The second-order valence-corrected chi connectivity index (χ2v) is 7.65. The zero-order valence-electron chi connectivity index (χ0n) is 16.9. The number of nitrogens with one attached hydrogen (secondary N) is 1. The molecule has 0 saturated carbocycles. The van der Waals surface area contributed by atoms with Crippen LogP contribution in [-0.2, 0) is 13.5 Å². The van der Waals surface area contributed by atoms with E-state index in [4.69, 9.17) is 21.3 Å². The third kappa shape index (κ3) is 4.52. The fraction of sp³-hybridized carbons (Fsp3) is 0.273. The maximum absolute atomic E-state index is 11.8. The molecule has 0 fully saturated rings. The minimum absolute atomic E-state index is 0.191. The molecule has 3 heterocycles. The van der Waals surface area contributed by atoms with Crippen molar-refractivity contribution in [2.24, 2.45) is 7.05 Å². The summed E-state index contributed by atoms with van der Waals surface area (Å²) >= 11 is 6.05. The van der Waals surface area contributed by atoms with E-state index >= 15 is 0 Å². The van der Waals surface area contributed by atoms with Crippen LogP contribution < -0.4 is 14.9 Å². The summed E-state index contributed by atoms with van der Waals surface area (Å²) < 4.78 is 9.43. The van der Waals surface area contributed by atoms with Gasteiger partial charge in [0.25, 0.3) is 5.56 Å². The molecule has 0 bridgehead atoms. The summed E-state index contributed by atoms with van der Waals surface area (Å²) in [4.78, 5) is 21.1. The van der Waals surface area contributed by atoms with E-state index < -0.39 is 0 Å². The lowest BCUT2D eigenvalue weighted by molar-refractivity contribution is -0.671. The van der Waals surface area contributed by atoms with Crippen molar-refractivity contribution >= 4 is 17.2 Å². The highest BCUT2D eigenvalue weighted by Gasteiger charge is 2.11. The highest BCUT2D eigenvalue weighted by Crippen LogP contribution is 2.21. The molecule has 0 aliphatic heterocycles. The normalized spacial score (nSPS) is 11.2. The summed E-state index contributed by atoms with van der Waals surface area (Å²) in [5.74, 6) is 2.20. The predicted molar refractivity (Wildman–Crippen MR) is 115 cm³/mol. The van der Waals surface area contributed by atoms with Crippen molar-refractivity contribution in [1.82, 2.24) is 19.6 Å². The number of unbranched alkanes of at least 4 members (excludes halogenated alkanes) is 1. The average Bonchev–Trinajstić information content (AvgIpc) is 3.11. The maximum atomic E-state index is 11.8. The lowest BCUT2D eigenvalue weighted by Gasteiger charge is -2.09. The molecule has 0 unspecified atom stereocenters. The summed E-state index contributed by atoms with van der Waals surface area (Å²) in [6, 6.07) is 11.1. The number of ether oxygens (including phenoxy) is 1. The van der Waals surface area contributed by atoms with Gasteiger partial charge in [-0.25, -0.2) is 19.1 Å². The number of benzene rings is 1. The molecule has 0 aliphatic carbocycles. The average molecular weight is 425 g/mol. The monoisotopic (exact) mass is 424 g/mol. The van der Waals surface area contributed by atoms with Crippen LogP contribution in [0.25, 0.3) is 17.0 Å². The Bertz CT molecular complexity index is 1230. The number of hydrogen-bond donors (Lipinski definition) is 1. The third-order valence-electron chi connectivity index (χ3n) is 4.85. The van der Waals surface area contributed by atoms with Gasteiger partial charge in [0.2, 0.25) is 0 Å². The quantitative estimate of drug-likeness (QED) is 0.365. The molecule has 3 aromatic heterocycles. The molecule has 0 amide bonds. The van der Waals surface area contributed by atoms with Crippen molar-refractivity contribution in [3.63, 3.8) is 0 Å². The molecule has 0 spiro atoms. The molecule has 30 heavy (non-hydrogen) atoms. The van der Waals surface area contributed by atoms with E-state index in [0.29, 0.717) is 24.5 Å². The lowest BCUT2D eigenvalue weighted by Crippen LogP contribution is -2.25. The van der Waals surface area contributed by atoms with Crippen molar-refractivity contribution in [2.75, 3.05) is 6.61 Å². The number of hydrogen-bond acceptors (Lipinski definition) is 4. The zero-order valence-corrected chi connectivity index (χ0v) is 17.7. The largest absolute Gasteiger partial charge is 0.494 e. The molecule has 7 nitrogen and oxygen atoms in total. The van der Waals surface area contributed by atoms with Crippen LogP contribution in [0.2, 0.25) is 5.02 Å². The van der Waals surface area contributed by atoms with Gasteiger partial charge in [-0.3, -0.25) is 9.89 Å². The van der Waals surface area contributed by atoms with Crippen LogP contribution in [0.5, 0.6) is 5.75 Å². The summed E-state index contributed by atoms with van der Waals surface area (Å²) in [7, 11) is 1.96. The molecular formula is C22H23ClN5O2+. The first kappa shape index (κ1) is 20.1.